The normalized spacial score (nSPS) is 22.8. The molecule has 0 bridgehead atoms. The Morgan fingerprint density at radius 2 is 2.29 bits per heavy atom. The van der Waals surface area contributed by atoms with Crippen LogP contribution in [0.25, 0.3) is 0 Å². The smallest absolute Gasteiger partial charge is 0.350 e. The van der Waals surface area contributed by atoms with Gasteiger partial charge in [-0.1, -0.05) is 0 Å². The molecule has 0 aliphatic carbocycles. The topological polar surface area (TPSA) is 101 Å². The minimum Gasteiger partial charge on any atom is -0.396 e. The van der Waals surface area contributed by atoms with Gasteiger partial charge >= 0.3 is 5.69 Å². The quantitative estimate of drug-likeness (QED) is 0.670. The van der Waals surface area contributed by atoms with Crippen LogP contribution in [0.2, 0.25) is 0 Å². The molecule has 7 heteroatoms. The first-order chi connectivity index (χ1) is 8.10. The first kappa shape index (κ1) is 12.4. The molecule has 6 nitrogen and oxygen atoms in total. The van der Waals surface area contributed by atoms with E-state index >= 15 is 0 Å². The Balaban J connectivity index is 2.23. The van der Waals surface area contributed by atoms with Gasteiger partial charge in [-0.3, -0.25) is 4.57 Å². The highest BCUT2D eigenvalue weighted by Gasteiger charge is 2.40. The first-order valence-corrected chi connectivity index (χ1v) is 6.33. The maximum absolute atomic E-state index is 11.6. The van der Waals surface area contributed by atoms with Crippen molar-refractivity contribution >= 4 is 17.6 Å². The van der Waals surface area contributed by atoms with E-state index in [-0.39, 0.29) is 24.4 Å². The van der Waals surface area contributed by atoms with Crippen LogP contribution in [0.15, 0.2) is 17.1 Å². The Labute approximate surface area is 102 Å². The molecule has 1 fully saturated rings. The monoisotopic (exact) mass is 257 g/mol. The molecule has 4 N–H and O–H groups in total. The Bertz CT molecular complexity index is 458. The van der Waals surface area contributed by atoms with Gasteiger partial charge in [0.15, 0.2) is 0 Å². The molecule has 0 aromatic carbocycles. The number of hydrogen-bond donors (Lipinski definition) is 3. The predicted octanol–water partition coefficient (Wildman–Crippen LogP) is -0.568. The fourth-order valence-corrected chi connectivity index (χ4v) is 3.49. The molecule has 17 heavy (non-hydrogen) atoms. The number of aromatic nitrogens is 2. The van der Waals surface area contributed by atoms with Crippen LogP contribution in [-0.2, 0) is 0 Å². The maximum atomic E-state index is 11.6. The summed E-state index contributed by atoms with van der Waals surface area (Å²) in [6.45, 7) is -0.158. The minimum absolute atomic E-state index is 0.0792. The highest BCUT2D eigenvalue weighted by Crippen LogP contribution is 2.46. The molecule has 1 aromatic rings. The Hall–Kier alpha value is -1.05. The summed E-state index contributed by atoms with van der Waals surface area (Å²) in [4.78, 5) is 15.3. The zero-order valence-corrected chi connectivity index (χ0v) is 10.1. The van der Waals surface area contributed by atoms with Gasteiger partial charge in [0.25, 0.3) is 0 Å². The molecule has 94 valence electrons. The summed E-state index contributed by atoms with van der Waals surface area (Å²) in [5.41, 5.74) is 4.52. The predicted molar refractivity (Wildman–Crippen MR) is 65.6 cm³/mol. The van der Waals surface area contributed by atoms with Gasteiger partial charge in [0.05, 0.1) is 18.6 Å². The molecule has 2 heterocycles. The van der Waals surface area contributed by atoms with Gasteiger partial charge < -0.3 is 15.9 Å². The molecule has 1 aliphatic heterocycles. The van der Waals surface area contributed by atoms with Crippen molar-refractivity contribution in [2.75, 3.05) is 24.7 Å². The highest BCUT2D eigenvalue weighted by atomic mass is 32.2. The molecule has 1 atom stereocenters. The van der Waals surface area contributed by atoms with Crippen molar-refractivity contribution in [1.29, 1.82) is 0 Å². The van der Waals surface area contributed by atoms with Crippen LogP contribution in [0.3, 0.4) is 0 Å². The Morgan fingerprint density at radius 3 is 2.82 bits per heavy atom. The lowest BCUT2D eigenvalue weighted by Crippen LogP contribution is -2.31. The second-order valence-corrected chi connectivity index (χ2v) is 5.49. The number of rotatable bonds is 3. The van der Waals surface area contributed by atoms with Gasteiger partial charge in [-0.15, -0.1) is 11.8 Å². The lowest BCUT2D eigenvalue weighted by atomic mass is 9.89. The number of aliphatic hydroxyl groups excluding tert-OH is 2. The maximum Gasteiger partial charge on any atom is 0.350 e. The van der Waals surface area contributed by atoms with Gasteiger partial charge in [-0.25, -0.2) is 4.79 Å². The van der Waals surface area contributed by atoms with E-state index in [4.69, 9.17) is 5.73 Å². The lowest BCUT2D eigenvalue weighted by molar-refractivity contribution is 0.0687. The van der Waals surface area contributed by atoms with Crippen molar-refractivity contribution in [1.82, 2.24) is 9.55 Å². The molecule has 0 radical (unpaired) electrons. The standard InChI is InChI=1S/C10H15N3O3S/c11-7-1-2-13(9(16)12-7)8-3-10(4-14,5-15)6-17-8/h1-2,8,14-15H,3-6H2,(H2,11,12,16). The van der Waals surface area contributed by atoms with Crippen molar-refractivity contribution in [3.63, 3.8) is 0 Å². The zero-order valence-electron chi connectivity index (χ0n) is 9.24. The summed E-state index contributed by atoms with van der Waals surface area (Å²) in [5.74, 6) is 0.825. The molecular weight excluding hydrogens is 242 g/mol. The van der Waals surface area contributed by atoms with E-state index in [2.05, 4.69) is 4.98 Å². The van der Waals surface area contributed by atoms with E-state index in [0.29, 0.717) is 12.2 Å². The van der Waals surface area contributed by atoms with Crippen LogP contribution in [0, 0.1) is 5.41 Å². The van der Waals surface area contributed by atoms with E-state index in [0.717, 1.165) is 0 Å². The molecule has 2 rings (SSSR count). The second-order valence-electron chi connectivity index (χ2n) is 4.33. The van der Waals surface area contributed by atoms with Crippen LogP contribution in [0.5, 0.6) is 0 Å². The summed E-state index contributed by atoms with van der Waals surface area (Å²) < 4.78 is 1.49. The second kappa shape index (κ2) is 4.67. The summed E-state index contributed by atoms with van der Waals surface area (Å²) in [7, 11) is 0. The average molecular weight is 257 g/mol. The first-order valence-electron chi connectivity index (χ1n) is 5.28. The summed E-state index contributed by atoms with van der Waals surface area (Å²) in [5, 5.41) is 18.5. The third-order valence-electron chi connectivity index (χ3n) is 3.02. The van der Waals surface area contributed by atoms with Gasteiger partial charge in [0.1, 0.15) is 5.82 Å². The third-order valence-corrected chi connectivity index (χ3v) is 4.58. The number of aliphatic hydroxyl groups is 2. The van der Waals surface area contributed by atoms with Gasteiger partial charge in [0.2, 0.25) is 0 Å². The third kappa shape index (κ3) is 2.31. The van der Waals surface area contributed by atoms with E-state index in [9.17, 15) is 15.0 Å². The minimum atomic E-state index is -0.504. The number of hydrogen-bond acceptors (Lipinski definition) is 6. The number of nitrogens with zero attached hydrogens (tertiary/aromatic N) is 2. The average Bonchev–Trinajstić information content (AvgIpc) is 2.74. The van der Waals surface area contributed by atoms with Gasteiger partial charge in [-0.2, -0.15) is 4.98 Å². The molecule has 1 aliphatic rings. The van der Waals surface area contributed by atoms with Gasteiger partial charge in [-0.05, 0) is 12.5 Å². The van der Waals surface area contributed by atoms with Crippen LogP contribution < -0.4 is 11.4 Å². The number of thioether (sulfide) groups is 1. The lowest BCUT2D eigenvalue weighted by Gasteiger charge is -2.22. The summed E-state index contributed by atoms with van der Waals surface area (Å²) in [6.07, 6.45) is 2.16. The van der Waals surface area contributed by atoms with Crippen molar-refractivity contribution in [2.24, 2.45) is 5.41 Å². The van der Waals surface area contributed by atoms with Gasteiger partial charge in [0, 0.05) is 17.4 Å². The van der Waals surface area contributed by atoms with E-state index in [1.165, 1.54) is 16.3 Å². The molecule has 0 saturated carbocycles. The van der Waals surface area contributed by atoms with Crippen LogP contribution in [0.4, 0.5) is 5.82 Å². The molecule has 0 amide bonds. The number of anilines is 1. The van der Waals surface area contributed by atoms with E-state index < -0.39 is 11.1 Å². The van der Waals surface area contributed by atoms with Crippen LogP contribution in [0.1, 0.15) is 11.8 Å². The largest absolute Gasteiger partial charge is 0.396 e. The van der Waals surface area contributed by atoms with E-state index in [1.54, 1.807) is 12.3 Å². The molecular formula is C10H15N3O3S. The SMILES string of the molecule is Nc1ccn(C2CC(CO)(CO)CS2)c(=O)n1. The molecule has 1 unspecified atom stereocenters. The van der Waals surface area contributed by atoms with E-state index in [1.807, 2.05) is 0 Å². The summed E-state index contributed by atoms with van der Waals surface area (Å²) in [6, 6.07) is 1.57. The van der Waals surface area contributed by atoms with Crippen LogP contribution >= 0.6 is 11.8 Å². The Kier molecular flexibility index (Phi) is 3.41. The molecule has 1 aromatic heterocycles. The molecule has 1 saturated heterocycles. The number of nitrogens with two attached hydrogens (primary N) is 1. The molecule has 0 spiro atoms. The number of nitrogen functional groups attached to an aromatic ring is 1. The van der Waals surface area contributed by atoms with Crippen molar-refractivity contribution in [2.45, 2.75) is 11.8 Å². The fourth-order valence-electron chi connectivity index (χ4n) is 1.86. The summed E-state index contributed by atoms with van der Waals surface area (Å²) >= 11 is 1.53. The van der Waals surface area contributed by atoms with Crippen molar-refractivity contribution < 1.29 is 10.2 Å². The van der Waals surface area contributed by atoms with Crippen molar-refractivity contribution in [3.05, 3.63) is 22.7 Å². The van der Waals surface area contributed by atoms with Crippen LogP contribution in [-0.4, -0.2) is 38.7 Å². The Morgan fingerprint density at radius 1 is 1.59 bits per heavy atom. The fraction of sp³-hybridized carbons (Fsp3) is 0.600. The highest BCUT2D eigenvalue weighted by molar-refractivity contribution is 7.99. The van der Waals surface area contributed by atoms with Crippen molar-refractivity contribution in [3.8, 4) is 0 Å². The zero-order chi connectivity index (χ0) is 12.5.